The standard InChI is InChI=1S/C23H26F2N4O3/c1-32-21-8-7-18(13-19(21)25)26-23(31)29-10-2-9-27-11-12-28(22(30)20(27)15-29)14-16-3-5-17(24)6-4-16/h3-8,13,20H,2,9-12,14-15H2,1H3,(H,26,31). The van der Waals surface area contributed by atoms with Crippen molar-refractivity contribution in [3.63, 3.8) is 0 Å². The zero-order valence-electron chi connectivity index (χ0n) is 17.9. The molecule has 2 aromatic carbocycles. The Morgan fingerprint density at radius 2 is 1.88 bits per heavy atom. The number of amides is 3. The van der Waals surface area contributed by atoms with Crippen molar-refractivity contribution in [2.24, 2.45) is 0 Å². The molecule has 170 valence electrons. The number of nitrogens with one attached hydrogen (secondary N) is 1. The number of carbonyl (C=O) groups is 2. The minimum absolute atomic E-state index is 0.0456. The van der Waals surface area contributed by atoms with Crippen LogP contribution in [0.3, 0.4) is 0 Å². The van der Waals surface area contributed by atoms with Crippen molar-refractivity contribution in [2.75, 3.05) is 45.2 Å². The first-order valence-electron chi connectivity index (χ1n) is 10.6. The number of hydrogen-bond donors (Lipinski definition) is 1. The van der Waals surface area contributed by atoms with Gasteiger partial charge in [-0.2, -0.15) is 0 Å². The van der Waals surface area contributed by atoms with Gasteiger partial charge in [0, 0.05) is 51.0 Å². The van der Waals surface area contributed by atoms with E-state index in [9.17, 15) is 18.4 Å². The monoisotopic (exact) mass is 444 g/mol. The highest BCUT2D eigenvalue weighted by Gasteiger charge is 2.38. The molecule has 3 amide bonds. The quantitative estimate of drug-likeness (QED) is 0.788. The van der Waals surface area contributed by atoms with Gasteiger partial charge in [-0.05, 0) is 36.2 Å². The molecular weight excluding hydrogens is 418 g/mol. The van der Waals surface area contributed by atoms with Crippen LogP contribution in [0.4, 0.5) is 19.3 Å². The third kappa shape index (κ3) is 4.83. The number of ether oxygens (including phenoxy) is 1. The van der Waals surface area contributed by atoms with Crippen LogP contribution in [0, 0.1) is 11.6 Å². The first-order valence-corrected chi connectivity index (χ1v) is 10.6. The topological polar surface area (TPSA) is 65.1 Å². The molecule has 0 radical (unpaired) electrons. The number of rotatable bonds is 4. The lowest BCUT2D eigenvalue weighted by Gasteiger charge is -2.40. The second-order valence-corrected chi connectivity index (χ2v) is 8.02. The van der Waals surface area contributed by atoms with Gasteiger partial charge in [-0.15, -0.1) is 0 Å². The van der Waals surface area contributed by atoms with Gasteiger partial charge >= 0.3 is 6.03 Å². The van der Waals surface area contributed by atoms with Gasteiger partial charge in [-0.1, -0.05) is 12.1 Å². The van der Waals surface area contributed by atoms with E-state index in [0.29, 0.717) is 25.3 Å². The van der Waals surface area contributed by atoms with Gasteiger partial charge in [0.1, 0.15) is 11.9 Å². The summed E-state index contributed by atoms with van der Waals surface area (Å²) >= 11 is 0. The molecule has 0 aromatic heterocycles. The Morgan fingerprint density at radius 3 is 2.59 bits per heavy atom. The minimum atomic E-state index is -0.564. The van der Waals surface area contributed by atoms with Crippen molar-refractivity contribution in [2.45, 2.75) is 19.0 Å². The molecule has 1 atom stereocenters. The summed E-state index contributed by atoms with van der Waals surface area (Å²) in [4.78, 5) is 31.5. The maximum absolute atomic E-state index is 14.0. The minimum Gasteiger partial charge on any atom is -0.494 e. The molecule has 7 nitrogen and oxygen atoms in total. The average Bonchev–Trinajstić information content (AvgIpc) is 3.01. The zero-order chi connectivity index (χ0) is 22.7. The molecule has 32 heavy (non-hydrogen) atoms. The van der Waals surface area contributed by atoms with Crippen LogP contribution in [0.15, 0.2) is 42.5 Å². The highest BCUT2D eigenvalue weighted by Crippen LogP contribution is 2.22. The van der Waals surface area contributed by atoms with Crippen LogP contribution in [0.2, 0.25) is 0 Å². The van der Waals surface area contributed by atoms with Crippen molar-refractivity contribution >= 4 is 17.6 Å². The largest absolute Gasteiger partial charge is 0.494 e. The van der Waals surface area contributed by atoms with Gasteiger partial charge in [0.15, 0.2) is 11.6 Å². The molecule has 4 rings (SSSR count). The lowest BCUT2D eigenvalue weighted by molar-refractivity contribution is -0.142. The van der Waals surface area contributed by atoms with Gasteiger partial charge in [0.05, 0.1) is 7.11 Å². The van der Waals surface area contributed by atoms with Crippen LogP contribution >= 0.6 is 0 Å². The van der Waals surface area contributed by atoms with Crippen LogP contribution < -0.4 is 10.1 Å². The molecule has 2 fully saturated rings. The van der Waals surface area contributed by atoms with E-state index in [1.165, 1.54) is 31.4 Å². The van der Waals surface area contributed by atoms with E-state index in [1.54, 1.807) is 28.0 Å². The van der Waals surface area contributed by atoms with Crippen LogP contribution in [0.5, 0.6) is 5.75 Å². The summed E-state index contributed by atoms with van der Waals surface area (Å²) in [7, 11) is 1.38. The molecular formula is C23H26F2N4O3. The fourth-order valence-electron chi connectivity index (χ4n) is 4.21. The van der Waals surface area contributed by atoms with E-state index in [0.717, 1.165) is 25.1 Å². The number of anilines is 1. The molecule has 2 aliphatic rings. The highest BCUT2D eigenvalue weighted by molar-refractivity contribution is 5.90. The van der Waals surface area contributed by atoms with Crippen molar-refractivity contribution < 1.29 is 23.1 Å². The Kier molecular flexibility index (Phi) is 6.55. The Hall–Kier alpha value is -3.20. The number of halogens is 2. The third-order valence-electron chi connectivity index (χ3n) is 5.94. The number of methoxy groups -OCH3 is 1. The first kappa shape index (κ1) is 22.0. The number of fused-ring (bicyclic) bond motifs is 1. The molecule has 1 N–H and O–H groups in total. The van der Waals surface area contributed by atoms with Gasteiger partial charge in [0.2, 0.25) is 5.91 Å². The molecule has 2 heterocycles. The predicted molar refractivity (Wildman–Crippen MR) is 115 cm³/mol. The summed E-state index contributed by atoms with van der Waals surface area (Å²) < 4.78 is 32.0. The summed E-state index contributed by atoms with van der Waals surface area (Å²) in [5, 5.41) is 2.71. The lowest BCUT2D eigenvalue weighted by Crippen LogP contribution is -2.59. The number of piperazine rings is 1. The van der Waals surface area contributed by atoms with Crippen LogP contribution in [-0.2, 0) is 11.3 Å². The second-order valence-electron chi connectivity index (χ2n) is 8.02. The Labute approximate surface area is 185 Å². The SMILES string of the molecule is COc1ccc(NC(=O)N2CCCN3CCN(Cc4ccc(F)cc4)C(=O)C3C2)cc1F. The van der Waals surface area contributed by atoms with Gasteiger partial charge < -0.3 is 19.9 Å². The van der Waals surface area contributed by atoms with E-state index in [1.807, 2.05) is 0 Å². The first-order chi connectivity index (χ1) is 15.4. The molecule has 2 saturated heterocycles. The fourth-order valence-corrected chi connectivity index (χ4v) is 4.21. The Bertz CT molecular complexity index is 986. The van der Waals surface area contributed by atoms with E-state index >= 15 is 0 Å². The summed E-state index contributed by atoms with van der Waals surface area (Å²) in [5.74, 6) is -0.823. The van der Waals surface area contributed by atoms with Crippen molar-refractivity contribution in [3.05, 3.63) is 59.7 Å². The van der Waals surface area contributed by atoms with Crippen LogP contribution in [-0.4, -0.2) is 72.5 Å². The molecule has 2 aromatic rings. The summed E-state index contributed by atoms with van der Waals surface area (Å²) in [6.45, 7) is 3.19. The zero-order valence-corrected chi connectivity index (χ0v) is 17.9. The molecule has 9 heteroatoms. The predicted octanol–water partition coefficient (Wildman–Crippen LogP) is 2.92. The van der Waals surface area contributed by atoms with E-state index in [2.05, 4.69) is 10.2 Å². The van der Waals surface area contributed by atoms with E-state index in [-0.39, 0.29) is 30.0 Å². The van der Waals surface area contributed by atoms with Gasteiger partial charge in [-0.25, -0.2) is 13.6 Å². The maximum atomic E-state index is 14.0. The van der Waals surface area contributed by atoms with E-state index < -0.39 is 11.9 Å². The number of nitrogens with zero attached hydrogens (tertiary/aromatic N) is 3. The molecule has 1 unspecified atom stereocenters. The highest BCUT2D eigenvalue weighted by atomic mass is 19.1. The van der Waals surface area contributed by atoms with Crippen molar-refractivity contribution in [1.82, 2.24) is 14.7 Å². The Balaban J connectivity index is 1.43. The molecule has 0 saturated carbocycles. The Morgan fingerprint density at radius 1 is 1.09 bits per heavy atom. The summed E-state index contributed by atoms with van der Waals surface area (Å²) in [5.41, 5.74) is 1.18. The molecule has 2 aliphatic heterocycles. The maximum Gasteiger partial charge on any atom is 0.321 e. The molecule has 0 spiro atoms. The summed E-state index contributed by atoms with van der Waals surface area (Å²) in [6, 6.07) is 9.53. The van der Waals surface area contributed by atoms with Crippen LogP contribution in [0.1, 0.15) is 12.0 Å². The van der Waals surface area contributed by atoms with Gasteiger partial charge in [0.25, 0.3) is 0 Å². The molecule has 0 aliphatic carbocycles. The normalized spacial score (nSPS) is 19.3. The van der Waals surface area contributed by atoms with Crippen molar-refractivity contribution in [3.8, 4) is 5.75 Å². The smallest absolute Gasteiger partial charge is 0.321 e. The van der Waals surface area contributed by atoms with Crippen LogP contribution in [0.25, 0.3) is 0 Å². The van der Waals surface area contributed by atoms with Crippen molar-refractivity contribution in [1.29, 1.82) is 0 Å². The summed E-state index contributed by atoms with van der Waals surface area (Å²) in [6.07, 6.45) is 0.742. The number of hydrogen-bond acceptors (Lipinski definition) is 4. The van der Waals surface area contributed by atoms with E-state index in [4.69, 9.17) is 4.74 Å². The fraction of sp³-hybridized carbons (Fsp3) is 0.391. The number of benzene rings is 2. The average molecular weight is 444 g/mol. The number of carbonyl (C=O) groups excluding carboxylic acids is 2. The second kappa shape index (κ2) is 9.52. The lowest BCUT2D eigenvalue weighted by atomic mass is 10.1. The third-order valence-corrected chi connectivity index (χ3v) is 5.94. The number of urea groups is 1. The van der Waals surface area contributed by atoms with Gasteiger partial charge in [-0.3, -0.25) is 9.69 Å². The molecule has 0 bridgehead atoms.